The van der Waals surface area contributed by atoms with E-state index >= 15 is 0 Å². The number of hydrogen-bond donors (Lipinski definition) is 0. The van der Waals surface area contributed by atoms with Crippen molar-refractivity contribution in [2.24, 2.45) is 7.05 Å². The quantitative estimate of drug-likeness (QED) is 0.844. The van der Waals surface area contributed by atoms with Gasteiger partial charge in [-0.05, 0) is 20.8 Å². The van der Waals surface area contributed by atoms with Crippen LogP contribution in [0.15, 0.2) is 12.4 Å². The Hall–Kier alpha value is -1.76. The number of likely N-dealkylation sites (tertiary alicyclic amines) is 1. The highest BCUT2D eigenvalue weighted by Gasteiger charge is 2.39. The van der Waals surface area contributed by atoms with Crippen LogP contribution in [0.1, 0.15) is 20.8 Å². The zero-order valence-electron chi connectivity index (χ0n) is 13.2. The number of ether oxygens (including phenoxy) is 3. The lowest BCUT2D eigenvalue weighted by molar-refractivity contribution is 0.0241. The summed E-state index contributed by atoms with van der Waals surface area (Å²) in [5.41, 5.74) is -0.512. The Labute approximate surface area is 124 Å². The molecule has 0 N–H and O–H groups in total. The zero-order chi connectivity index (χ0) is 15.6. The second kappa shape index (κ2) is 5.93. The van der Waals surface area contributed by atoms with E-state index in [0.717, 1.165) is 0 Å². The molecule has 7 heteroatoms. The largest absolute Gasteiger partial charge is 0.482 e. The molecule has 0 aliphatic carbocycles. The van der Waals surface area contributed by atoms with Crippen LogP contribution in [0.2, 0.25) is 0 Å². The minimum Gasteiger partial charge on any atom is -0.482 e. The van der Waals surface area contributed by atoms with Crippen LogP contribution >= 0.6 is 0 Å². The van der Waals surface area contributed by atoms with Crippen molar-refractivity contribution in [3.8, 4) is 5.75 Å². The maximum Gasteiger partial charge on any atom is 0.410 e. The first-order valence-electron chi connectivity index (χ1n) is 6.94. The normalized spacial score (nSPS) is 22.4. The first-order valence-corrected chi connectivity index (χ1v) is 6.94. The predicted molar refractivity (Wildman–Crippen MR) is 76.2 cm³/mol. The van der Waals surface area contributed by atoms with Gasteiger partial charge in [-0.15, -0.1) is 0 Å². The van der Waals surface area contributed by atoms with E-state index in [1.807, 2.05) is 27.8 Å². The van der Waals surface area contributed by atoms with Crippen LogP contribution in [0.4, 0.5) is 4.79 Å². The summed E-state index contributed by atoms with van der Waals surface area (Å²) in [6, 6.07) is 0. The fourth-order valence-electron chi connectivity index (χ4n) is 2.19. The van der Waals surface area contributed by atoms with Gasteiger partial charge in [0.05, 0.1) is 25.5 Å². The van der Waals surface area contributed by atoms with E-state index in [4.69, 9.17) is 14.2 Å². The second-order valence-electron chi connectivity index (χ2n) is 6.17. The Kier molecular flexibility index (Phi) is 4.41. The Morgan fingerprint density at radius 2 is 2.00 bits per heavy atom. The number of amides is 1. The number of aromatic nitrogens is 2. The number of nitrogens with zero attached hydrogens (tertiary/aromatic N) is 3. The Balaban J connectivity index is 1.98. The van der Waals surface area contributed by atoms with Crippen molar-refractivity contribution >= 4 is 6.09 Å². The third kappa shape index (κ3) is 4.10. The van der Waals surface area contributed by atoms with E-state index in [1.165, 1.54) is 0 Å². The van der Waals surface area contributed by atoms with Gasteiger partial charge in [0.2, 0.25) is 0 Å². The standard InChI is InChI=1S/C14H23N3O4/c1-14(2,3)21-13(18)17-8-11(19-5)12(9-17)20-10-6-15-16(4)7-10/h6-7,11-12H,8-9H2,1-5H3/t11-,12+/m1/s1. The van der Waals surface area contributed by atoms with Gasteiger partial charge in [-0.3, -0.25) is 4.68 Å². The number of methoxy groups -OCH3 is 1. The van der Waals surface area contributed by atoms with E-state index < -0.39 is 5.60 Å². The number of rotatable bonds is 3. The molecule has 0 saturated carbocycles. The van der Waals surface area contributed by atoms with Gasteiger partial charge < -0.3 is 19.1 Å². The molecule has 0 bridgehead atoms. The highest BCUT2D eigenvalue weighted by Crippen LogP contribution is 2.21. The van der Waals surface area contributed by atoms with Crippen LogP contribution in [-0.2, 0) is 16.5 Å². The van der Waals surface area contributed by atoms with Crippen molar-refractivity contribution in [3.63, 3.8) is 0 Å². The summed E-state index contributed by atoms with van der Waals surface area (Å²) >= 11 is 0. The van der Waals surface area contributed by atoms with E-state index in [0.29, 0.717) is 18.8 Å². The van der Waals surface area contributed by atoms with Gasteiger partial charge in [0, 0.05) is 14.2 Å². The fourth-order valence-corrected chi connectivity index (χ4v) is 2.19. The maximum atomic E-state index is 12.1. The molecule has 0 spiro atoms. The van der Waals surface area contributed by atoms with Crippen LogP contribution in [0, 0.1) is 0 Å². The molecule has 0 unspecified atom stereocenters. The molecular weight excluding hydrogens is 274 g/mol. The maximum absolute atomic E-state index is 12.1. The summed E-state index contributed by atoms with van der Waals surface area (Å²) in [6.45, 7) is 6.42. The molecule has 2 atom stereocenters. The summed E-state index contributed by atoms with van der Waals surface area (Å²) < 4.78 is 18.3. The van der Waals surface area contributed by atoms with E-state index in [-0.39, 0.29) is 18.3 Å². The number of hydrogen-bond acceptors (Lipinski definition) is 5. The molecule has 1 aliphatic heterocycles. The highest BCUT2D eigenvalue weighted by molar-refractivity contribution is 5.68. The minimum atomic E-state index is -0.512. The summed E-state index contributed by atoms with van der Waals surface area (Å²) in [5, 5.41) is 4.06. The predicted octanol–water partition coefficient (Wildman–Crippen LogP) is 1.43. The Morgan fingerprint density at radius 3 is 2.52 bits per heavy atom. The highest BCUT2D eigenvalue weighted by atomic mass is 16.6. The van der Waals surface area contributed by atoms with Crippen molar-refractivity contribution < 1.29 is 19.0 Å². The fraction of sp³-hybridized carbons (Fsp3) is 0.714. The molecule has 1 amide bonds. The molecule has 1 aromatic heterocycles. The lowest BCUT2D eigenvalue weighted by atomic mass is 10.2. The summed E-state index contributed by atoms with van der Waals surface area (Å²) in [7, 11) is 3.44. The molecule has 1 aliphatic rings. The molecule has 118 valence electrons. The smallest absolute Gasteiger partial charge is 0.410 e. The van der Waals surface area contributed by atoms with Crippen LogP contribution < -0.4 is 4.74 Å². The van der Waals surface area contributed by atoms with E-state index in [2.05, 4.69) is 5.10 Å². The van der Waals surface area contributed by atoms with Crippen molar-refractivity contribution in [2.45, 2.75) is 38.6 Å². The van der Waals surface area contributed by atoms with Gasteiger partial charge in [-0.2, -0.15) is 5.10 Å². The third-order valence-electron chi connectivity index (χ3n) is 3.14. The van der Waals surface area contributed by atoms with Crippen LogP contribution in [0.5, 0.6) is 5.75 Å². The van der Waals surface area contributed by atoms with Gasteiger partial charge in [0.15, 0.2) is 5.75 Å². The van der Waals surface area contributed by atoms with Crippen molar-refractivity contribution in [1.29, 1.82) is 0 Å². The number of carbonyl (C=O) groups is 1. The van der Waals surface area contributed by atoms with Gasteiger partial charge in [-0.1, -0.05) is 0 Å². The Morgan fingerprint density at radius 1 is 1.33 bits per heavy atom. The zero-order valence-corrected chi connectivity index (χ0v) is 13.2. The topological polar surface area (TPSA) is 65.8 Å². The molecule has 7 nitrogen and oxygen atoms in total. The van der Waals surface area contributed by atoms with Crippen LogP contribution in [0.3, 0.4) is 0 Å². The van der Waals surface area contributed by atoms with E-state index in [9.17, 15) is 4.79 Å². The first kappa shape index (κ1) is 15.6. The summed E-state index contributed by atoms with van der Waals surface area (Å²) in [4.78, 5) is 13.7. The molecule has 2 rings (SSSR count). The van der Waals surface area contributed by atoms with Crippen molar-refractivity contribution in [3.05, 3.63) is 12.4 Å². The lowest BCUT2D eigenvalue weighted by Crippen LogP contribution is -2.36. The van der Waals surface area contributed by atoms with E-state index in [1.54, 1.807) is 29.1 Å². The van der Waals surface area contributed by atoms with Gasteiger partial charge >= 0.3 is 6.09 Å². The van der Waals surface area contributed by atoms with Crippen molar-refractivity contribution in [2.75, 3.05) is 20.2 Å². The summed E-state index contributed by atoms with van der Waals surface area (Å²) in [6.07, 6.45) is 2.66. The molecule has 1 aromatic rings. The lowest BCUT2D eigenvalue weighted by Gasteiger charge is -2.24. The van der Waals surface area contributed by atoms with Gasteiger partial charge in [0.25, 0.3) is 0 Å². The first-order chi connectivity index (χ1) is 9.78. The minimum absolute atomic E-state index is 0.183. The third-order valence-corrected chi connectivity index (χ3v) is 3.14. The molecule has 21 heavy (non-hydrogen) atoms. The van der Waals surface area contributed by atoms with Crippen molar-refractivity contribution in [1.82, 2.24) is 14.7 Å². The second-order valence-corrected chi connectivity index (χ2v) is 6.17. The SMILES string of the molecule is CO[C@@H]1CN(C(=O)OC(C)(C)C)C[C@@H]1Oc1cnn(C)c1. The molecule has 2 heterocycles. The Bertz CT molecular complexity index is 495. The number of aryl methyl sites for hydroxylation is 1. The molecule has 0 aromatic carbocycles. The average molecular weight is 297 g/mol. The van der Waals surface area contributed by atoms with Crippen LogP contribution in [0.25, 0.3) is 0 Å². The molecule has 1 saturated heterocycles. The molecule has 0 radical (unpaired) electrons. The number of carbonyl (C=O) groups excluding carboxylic acids is 1. The van der Waals surface area contributed by atoms with Gasteiger partial charge in [-0.25, -0.2) is 4.79 Å². The summed E-state index contributed by atoms with van der Waals surface area (Å²) in [5.74, 6) is 0.663. The van der Waals surface area contributed by atoms with Crippen LogP contribution in [-0.4, -0.2) is 58.8 Å². The molecule has 1 fully saturated rings. The average Bonchev–Trinajstić information content (AvgIpc) is 2.94. The monoisotopic (exact) mass is 297 g/mol. The van der Waals surface area contributed by atoms with Gasteiger partial charge in [0.1, 0.15) is 17.8 Å². The molecular formula is C14H23N3O4.